The molecular weight excluding hydrogens is 188 g/mol. The molecule has 0 amide bonds. The Morgan fingerprint density at radius 1 is 1.33 bits per heavy atom. The zero-order chi connectivity index (χ0) is 10.5. The second-order valence-electron chi connectivity index (χ2n) is 4.04. The van der Waals surface area contributed by atoms with Gasteiger partial charge in [-0.15, -0.1) is 0 Å². The van der Waals surface area contributed by atoms with Crippen LogP contribution in [0.5, 0.6) is 0 Å². The van der Waals surface area contributed by atoms with Gasteiger partial charge in [0.2, 0.25) is 0 Å². The summed E-state index contributed by atoms with van der Waals surface area (Å²) in [5.74, 6) is 0.444. The minimum atomic E-state index is 0.124. The molecule has 15 heavy (non-hydrogen) atoms. The van der Waals surface area contributed by atoms with E-state index in [-0.39, 0.29) is 5.92 Å². The molecule has 0 spiro atoms. The molecule has 0 saturated carbocycles. The van der Waals surface area contributed by atoms with Crippen LogP contribution >= 0.6 is 0 Å². The molecule has 2 rings (SSSR count). The minimum absolute atomic E-state index is 0.124. The second kappa shape index (κ2) is 5.08. The maximum Gasteiger partial charge on any atom is 0.142 e. The Kier molecular flexibility index (Phi) is 3.51. The summed E-state index contributed by atoms with van der Waals surface area (Å²) in [6.45, 7) is 1.43. The van der Waals surface area contributed by atoms with Gasteiger partial charge in [-0.25, -0.2) is 0 Å². The molecular formula is C13H16O2. The van der Waals surface area contributed by atoms with E-state index in [0.717, 1.165) is 25.0 Å². The van der Waals surface area contributed by atoms with Crippen LogP contribution in [-0.2, 0) is 16.0 Å². The molecule has 1 atom stereocenters. The fourth-order valence-corrected chi connectivity index (χ4v) is 1.94. The van der Waals surface area contributed by atoms with Gasteiger partial charge in [0, 0.05) is 18.9 Å². The molecule has 0 bridgehead atoms. The van der Waals surface area contributed by atoms with Crippen LogP contribution < -0.4 is 0 Å². The number of ether oxygens (including phenoxy) is 1. The van der Waals surface area contributed by atoms with Crippen molar-refractivity contribution in [2.24, 2.45) is 5.92 Å². The molecule has 80 valence electrons. The van der Waals surface area contributed by atoms with Crippen molar-refractivity contribution < 1.29 is 9.53 Å². The molecule has 1 aliphatic heterocycles. The van der Waals surface area contributed by atoms with Crippen LogP contribution in [0, 0.1) is 5.92 Å². The molecule has 1 fully saturated rings. The van der Waals surface area contributed by atoms with E-state index in [1.165, 1.54) is 0 Å². The van der Waals surface area contributed by atoms with Gasteiger partial charge in [0.25, 0.3) is 0 Å². The second-order valence-corrected chi connectivity index (χ2v) is 4.04. The fraction of sp³-hybridized carbons (Fsp3) is 0.462. The first-order valence-corrected chi connectivity index (χ1v) is 5.50. The summed E-state index contributed by atoms with van der Waals surface area (Å²) in [5.41, 5.74) is 1.10. The number of carbonyl (C=O) groups is 1. The molecule has 1 saturated heterocycles. The van der Waals surface area contributed by atoms with E-state index in [0.29, 0.717) is 18.8 Å². The first-order valence-electron chi connectivity index (χ1n) is 5.50. The Labute approximate surface area is 90.3 Å². The molecule has 0 N–H and O–H groups in total. The van der Waals surface area contributed by atoms with Crippen molar-refractivity contribution in [1.29, 1.82) is 0 Å². The summed E-state index contributed by atoms with van der Waals surface area (Å²) in [6.07, 6.45) is 2.56. The largest absolute Gasteiger partial charge is 0.381 e. The Bertz CT molecular complexity index is 313. The van der Waals surface area contributed by atoms with Crippen LogP contribution in [0.4, 0.5) is 0 Å². The monoisotopic (exact) mass is 204 g/mol. The lowest BCUT2D eigenvalue weighted by Gasteiger charge is -2.20. The number of benzene rings is 1. The molecule has 2 nitrogen and oxygen atoms in total. The molecule has 0 aliphatic carbocycles. The summed E-state index contributed by atoms with van der Waals surface area (Å²) in [7, 11) is 0. The normalized spacial score (nSPS) is 21.2. The molecule has 0 aromatic heterocycles. The van der Waals surface area contributed by atoms with E-state index in [1.807, 2.05) is 30.3 Å². The average molecular weight is 204 g/mol. The van der Waals surface area contributed by atoms with Crippen molar-refractivity contribution in [1.82, 2.24) is 0 Å². The van der Waals surface area contributed by atoms with Crippen LogP contribution in [0.2, 0.25) is 0 Å². The number of carbonyl (C=O) groups excluding carboxylic acids is 1. The van der Waals surface area contributed by atoms with E-state index in [4.69, 9.17) is 4.74 Å². The van der Waals surface area contributed by atoms with E-state index < -0.39 is 0 Å². The van der Waals surface area contributed by atoms with Crippen molar-refractivity contribution in [3.8, 4) is 0 Å². The summed E-state index contributed by atoms with van der Waals surface area (Å²) in [4.78, 5) is 11.9. The predicted octanol–water partition coefficient (Wildman–Crippen LogP) is 2.22. The first kappa shape index (κ1) is 10.4. The zero-order valence-electron chi connectivity index (χ0n) is 8.82. The van der Waals surface area contributed by atoms with Crippen LogP contribution in [0.3, 0.4) is 0 Å². The van der Waals surface area contributed by atoms with Gasteiger partial charge in [0.1, 0.15) is 5.78 Å². The smallest absolute Gasteiger partial charge is 0.142 e. The molecule has 1 aliphatic rings. The van der Waals surface area contributed by atoms with Crippen LogP contribution in [0.15, 0.2) is 30.3 Å². The molecule has 1 aromatic rings. The molecule has 0 radical (unpaired) electrons. The number of rotatable bonds is 3. The lowest BCUT2D eigenvalue weighted by atomic mass is 9.93. The Balaban J connectivity index is 1.91. The molecule has 1 aromatic carbocycles. The highest BCUT2D eigenvalue weighted by molar-refractivity contribution is 5.83. The number of ketones is 1. The highest BCUT2D eigenvalue weighted by Crippen LogP contribution is 2.16. The average Bonchev–Trinajstić information content (AvgIpc) is 2.31. The van der Waals surface area contributed by atoms with Gasteiger partial charge < -0.3 is 4.74 Å². The van der Waals surface area contributed by atoms with Gasteiger partial charge in [-0.3, -0.25) is 4.79 Å². The number of Topliss-reactive ketones (excluding diaryl/α,β-unsaturated/α-hetero) is 1. The summed E-state index contributed by atoms with van der Waals surface area (Å²) >= 11 is 0. The van der Waals surface area contributed by atoms with E-state index >= 15 is 0 Å². The highest BCUT2D eigenvalue weighted by Gasteiger charge is 2.21. The lowest BCUT2D eigenvalue weighted by molar-refractivity contribution is -0.126. The fourth-order valence-electron chi connectivity index (χ4n) is 1.94. The van der Waals surface area contributed by atoms with Crippen molar-refractivity contribution in [2.45, 2.75) is 19.3 Å². The molecule has 0 unspecified atom stereocenters. The summed E-state index contributed by atoms with van der Waals surface area (Å²) in [6, 6.07) is 9.92. The molecule has 2 heteroatoms. The van der Waals surface area contributed by atoms with Gasteiger partial charge in [0.05, 0.1) is 6.61 Å². The number of hydrogen-bond donors (Lipinski definition) is 0. The van der Waals surface area contributed by atoms with Gasteiger partial charge in [-0.05, 0) is 18.4 Å². The van der Waals surface area contributed by atoms with E-state index in [9.17, 15) is 4.79 Å². The van der Waals surface area contributed by atoms with Crippen molar-refractivity contribution >= 4 is 5.78 Å². The Morgan fingerprint density at radius 3 is 2.80 bits per heavy atom. The minimum Gasteiger partial charge on any atom is -0.381 e. The standard InChI is InChI=1S/C13H16O2/c14-13(12-7-4-8-15-10-12)9-11-5-2-1-3-6-11/h1-3,5-6,12H,4,7-10H2/t12-/m0/s1. The first-order chi connectivity index (χ1) is 7.36. The summed E-state index contributed by atoms with van der Waals surface area (Å²) < 4.78 is 5.32. The number of hydrogen-bond acceptors (Lipinski definition) is 2. The summed E-state index contributed by atoms with van der Waals surface area (Å²) in [5, 5.41) is 0. The van der Waals surface area contributed by atoms with Crippen LogP contribution in [0.1, 0.15) is 18.4 Å². The van der Waals surface area contributed by atoms with E-state index in [2.05, 4.69) is 0 Å². The predicted molar refractivity (Wildman–Crippen MR) is 58.7 cm³/mol. The zero-order valence-corrected chi connectivity index (χ0v) is 8.82. The third kappa shape index (κ3) is 2.90. The highest BCUT2D eigenvalue weighted by atomic mass is 16.5. The Morgan fingerprint density at radius 2 is 2.13 bits per heavy atom. The molecule has 1 heterocycles. The SMILES string of the molecule is O=C(Cc1ccccc1)[C@H]1CCCOC1. The quantitative estimate of drug-likeness (QED) is 0.754. The van der Waals surface area contributed by atoms with Crippen molar-refractivity contribution in [2.75, 3.05) is 13.2 Å². The van der Waals surface area contributed by atoms with Gasteiger partial charge in [-0.2, -0.15) is 0 Å². The van der Waals surface area contributed by atoms with Gasteiger partial charge >= 0.3 is 0 Å². The third-order valence-electron chi connectivity index (χ3n) is 2.84. The van der Waals surface area contributed by atoms with Gasteiger partial charge in [0.15, 0.2) is 0 Å². The van der Waals surface area contributed by atoms with E-state index in [1.54, 1.807) is 0 Å². The van der Waals surface area contributed by atoms with Crippen molar-refractivity contribution in [3.05, 3.63) is 35.9 Å². The third-order valence-corrected chi connectivity index (χ3v) is 2.84. The van der Waals surface area contributed by atoms with Crippen LogP contribution in [0.25, 0.3) is 0 Å². The maximum absolute atomic E-state index is 11.9. The van der Waals surface area contributed by atoms with Gasteiger partial charge in [-0.1, -0.05) is 30.3 Å². The topological polar surface area (TPSA) is 26.3 Å². The maximum atomic E-state index is 11.9. The van der Waals surface area contributed by atoms with Crippen molar-refractivity contribution in [3.63, 3.8) is 0 Å². The lowest BCUT2D eigenvalue weighted by Crippen LogP contribution is -2.26. The Hall–Kier alpha value is -1.15. The van der Waals surface area contributed by atoms with Crippen LogP contribution in [-0.4, -0.2) is 19.0 Å².